The van der Waals surface area contributed by atoms with Crippen LogP contribution in [0.5, 0.6) is 0 Å². The van der Waals surface area contributed by atoms with Crippen LogP contribution in [0, 0.1) is 0 Å². The van der Waals surface area contributed by atoms with E-state index in [1.165, 1.54) is 0 Å². The molecule has 6 heteroatoms. The number of amides is 2. The highest BCUT2D eigenvalue weighted by molar-refractivity contribution is 6.30. The van der Waals surface area contributed by atoms with Gasteiger partial charge < -0.3 is 15.1 Å². The average molecular weight is 400 g/mol. The Balaban J connectivity index is 1.55. The van der Waals surface area contributed by atoms with Crippen LogP contribution in [0.2, 0.25) is 5.02 Å². The van der Waals surface area contributed by atoms with E-state index in [0.29, 0.717) is 22.7 Å². The smallest absolute Gasteiger partial charge is 0.253 e. The summed E-state index contributed by atoms with van der Waals surface area (Å²) in [6.45, 7) is 6.91. The van der Waals surface area contributed by atoms with E-state index in [9.17, 15) is 9.59 Å². The summed E-state index contributed by atoms with van der Waals surface area (Å²) in [6.07, 6.45) is 0.725. The summed E-state index contributed by atoms with van der Waals surface area (Å²) in [5, 5.41) is 3.62. The number of hydrogen-bond acceptors (Lipinski definition) is 3. The van der Waals surface area contributed by atoms with Crippen LogP contribution in [0.25, 0.3) is 0 Å². The van der Waals surface area contributed by atoms with Crippen LogP contribution in [0.3, 0.4) is 0 Å². The lowest BCUT2D eigenvalue weighted by molar-refractivity contribution is 0.0643. The summed E-state index contributed by atoms with van der Waals surface area (Å²) in [5.74, 6) is -0.175. The van der Waals surface area contributed by atoms with Crippen molar-refractivity contribution < 1.29 is 9.59 Å². The monoisotopic (exact) mass is 399 g/mol. The number of piperazine rings is 1. The highest BCUT2D eigenvalue weighted by atomic mass is 35.5. The Labute approximate surface area is 171 Å². The molecule has 2 aromatic carbocycles. The van der Waals surface area contributed by atoms with Crippen LogP contribution in [-0.4, -0.2) is 60.9 Å². The molecule has 0 saturated carbocycles. The largest absolute Gasteiger partial charge is 0.352 e. The number of nitrogens with zero attached hydrogens (tertiary/aromatic N) is 2. The molecule has 1 saturated heterocycles. The van der Waals surface area contributed by atoms with Crippen molar-refractivity contribution in [1.82, 2.24) is 15.1 Å². The van der Waals surface area contributed by atoms with Crippen LogP contribution in [0.1, 0.15) is 33.2 Å². The Bertz CT molecular complexity index is 815. The van der Waals surface area contributed by atoms with Crippen molar-refractivity contribution in [2.75, 3.05) is 39.3 Å². The zero-order valence-electron chi connectivity index (χ0n) is 16.2. The second-order valence-electron chi connectivity index (χ2n) is 6.94. The molecule has 1 aliphatic rings. The molecule has 0 atom stereocenters. The number of rotatable bonds is 6. The van der Waals surface area contributed by atoms with Gasteiger partial charge in [0.05, 0.1) is 0 Å². The Morgan fingerprint density at radius 1 is 1.00 bits per heavy atom. The van der Waals surface area contributed by atoms with Crippen molar-refractivity contribution in [3.8, 4) is 0 Å². The lowest BCUT2D eigenvalue weighted by Gasteiger charge is -2.34. The average Bonchev–Trinajstić information content (AvgIpc) is 2.74. The minimum atomic E-state index is -0.167. The van der Waals surface area contributed by atoms with Crippen molar-refractivity contribution in [2.45, 2.75) is 13.3 Å². The van der Waals surface area contributed by atoms with E-state index in [2.05, 4.69) is 17.1 Å². The number of hydrogen-bond donors (Lipinski definition) is 1. The van der Waals surface area contributed by atoms with E-state index in [1.54, 1.807) is 24.3 Å². The number of benzene rings is 2. The van der Waals surface area contributed by atoms with Gasteiger partial charge in [0.2, 0.25) is 0 Å². The molecule has 0 bridgehead atoms. The van der Waals surface area contributed by atoms with Crippen molar-refractivity contribution in [3.05, 3.63) is 70.2 Å². The lowest BCUT2D eigenvalue weighted by atomic mass is 10.1. The molecule has 0 radical (unpaired) electrons. The molecular weight excluding hydrogens is 374 g/mol. The van der Waals surface area contributed by atoms with Crippen molar-refractivity contribution in [3.63, 3.8) is 0 Å². The summed E-state index contributed by atoms with van der Waals surface area (Å²) >= 11 is 5.88. The molecule has 0 spiro atoms. The van der Waals surface area contributed by atoms with Gasteiger partial charge in [-0.2, -0.15) is 0 Å². The first-order valence-corrected chi connectivity index (χ1v) is 10.1. The van der Waals surface area contributed by atoms with Gasteiger partial charge in [0, 0.05) is 48.9 Å². The van der Waals surface area contributed by atoms with Gasteiger partial charge in [-0.15, -0.1) is 0 Å². The predicted octanol–water partition coefficient (Wildman–Crippen LogP) is 3.09. The molecule has 28 heavy (non-hydrogen) atoms. The minimum absolute atomic E-state index is 0.00781. The van der Waals surface area contributed by atoms with E-state index >= 15 is 0 Å². The molecule has 1 fully saturated rings. The van der Waals surface area contributed by atoms with Crippen molar-refractivity contribution in [2.24, 2.45) is 0 Å². The van der Waals surface area contributed by atoms with Crippen LogP contribution < -0.4 is 5.32 Å². The maximum atomic E-state index is 12.8. The standard InChI is InChI=1S/C22H26ClN3O2/c1-2-25-12-14-26(15-13-25)22(28)19-5-3-4-18(16-19)21(27)24-11-10-17-6-8-20(23)9-7-17/h3-9,16H,2,10-15H2,1H3,(H,24,27). The molecule has 1 heterocycles. The van der Waals surface area contributed by atoms with Gasteiger partial charge in [0.15, 0.2) is 0 Å². The molecule has 2 aromatic rings. The molecule has 1 aliphatic heterocycles. The normalized spacial score (nSPS) is 14.7. The quantitative estimate of drug-likeness (QED) is 0.812. The second kappa shape index (κ2) is 9.71. The van der Waals surface area contributed by atoms with Gasteiger partial charge in [-0.05, 0) is 48.9 Å². The number of nitrogens with one attached hydrogen (secondary N) is 1. The molecular formula is C22H26ClN3O2. The molecule has 3 rings (SSSR count). The Morgan fingerprint density at radius 2 is 1.68 bits per heavy atom. The first-order valence-electron chi connectivity index (χ1n) is 9.71. The summed E-state index contributed by atoms with van der Waals surface area (Å²) < 4.78 is 0. The maximum Gasteiger partial charge on any atom is 0.253 e. The van der Waals surface area contributed by atoms with Gasteiger partial charge in [-0.3, -0.25) is 9.59 Å². The SMILES string of the molecule is CCN1CCN(C(=O)c2cccc(C(=O)NCCc3ccc(Cl)cc3)c2)CC1. The molecule has 2 amide bonds. The summed E-state index contributed by atoms with van der Waals surface area (Å²) in [7, 11) is 0. The van der Waals surface area contributed by atoms with E-state index in [1.807, 2.05) is 29.2 Å². The van der Waals surface area contributed by atoms with Gasteiger partial charge in [0.1, 0.15) is 0 Å². The lowest BCUT2D eigenvalue weighted by Crippen LogP contribution is -2.48. The molecule has 1 N–H and O–H groups in total. The van der Waals surface area contributed by atoms with Crippen LogP contribution in [-0.2, 0) is 6.42 Å². The summed E-state index contributed by atoms with van der Waals surface area (Å²) in [4.78, 5) is 29.4. The third kappa shape index (κ3) is 5.33. The molecule has 0 unspecified atom stereocenters. The fourth-order valence-corrected chi connectivity index (χ4v) is 3.44. The molecule has 0 aliphatic carbocycles. The van der Waals surface area contributed by atoms with E-state index in [-0.39, 0.29) is 11.8 Å². The van der Waals surface area contributed by atoms with Gasteiger partial charge in [-0.1, -0.05) is 36.7 Å². The third-order valence-electron chi connectivity index (χ3n) is 5.09. The van der Waals surface area contributed by atoms with Crippen LogP contribution >= 0.6 is 11.6 Å². The second-order valence-corrected chi connectivity index (χ2v) is 7.38. The fraction of sp³-hybridized carbons (Fsp3) is 0.364. The molecule has 0 aromatic heterocycles. The number of halogens is 1. The summed E-state index contributed by atoms with van der Waals surface area (Å²) in [6, 6.07) is 14.6. The van der Waals surface area contributed by atoms with E-state index in [4.69, 9.17) is 11.6 Å². The van der Waals surface area contributed by atoms with E-state index < -0.39 is 0 Å². The minimum Gasteiger partial charge on any atom is -0.352 e. The summed E-state index contributed by atoms with van der Waals surface area (Å²) in [5.41, 5.74) is 2.18. The number of carbonyl (C=O) groups is 2. The van der Waals surface area contributed by atoms with Crippen LogP contribution in [0.4, 0.5) is 0 Å². The maximum absolute atomic E-state index is 12.8. The Hall–Kier alpha value is -2.37. The Kier molecular flexibility index (Phi) is 7.06. The van der Waals surface area contributed by atoms with Crippen molar-refractivity contribution in [1.29, 1.82) is 0 Å². The van der Waals surface area contributed by atoms with Gasteiger partial charge in [-0.25, -0.2) is 0 Å². The molecule has 148 valence electrons. The number of likely N-dealkylation sites (N-methyl/N-ethyl adjacent to an activating group) is 1. The van der Waals surface area contributed by atoms with E-state index in [0.717, 1.165) is 44.7 Å². The van der Waals surface area contributed by atoms with Crippen LogP contribution in [0.15, 0.2) is 48.5 Å². The Morgan fingerprint density at radius 3 is 2.36 bits per heavy atom. The van der Waals surface area contributed by atoms with Crippen molar-refractivity contribution >= 4 is 23.4 Å². The molecule has 5 nitrogen and oxygen atoms in total. The topological polar surface area (TPSA) is 52.7 Å². The zero-order chi connectivity index (χ0) is 19.9. The number of carbonyl (C=O) groups excluding carboxylic acids is 2. The third-order valence-corrected chi connectivity index (χ3v) is 5.34. The van der Waals surface area contributed by atoms with Gasteiger partial charge >= 0.3 is 0 Å². The van der Waals surface area contributed by atoms with Gasteiger partial charge in [0.25, 0.3) is 11.8 Å². The highest BCUT2D eigenvalue weighted by Gasteiger charge is 2.21. The fourth-order valence-electron chi connectivity index (χ4n) is 3.32. The predicted molar refractivity (Wildman–Crippen MR) is 112 cm³/mol. The first kappa shape index (κ1) is 20.4. The first-order chi connectivity index (χ1) is 13.6. The zero-order valence-corrected chi connectivity index (χ0v) is 16.9. The highest BCUT2D eigenvalue weighted by Crippen LogP contribution is 2.12.